The van der Waals surface area contributed by atoms with E-state index in [-0.39, 0.29) is 16.2 Å². The van der Waals surface area contributed by atoms with Gasteiger partial charge >= 0.3 is 0 Å². The van der Waals surface area contributed by atoms with Crippen LogP contribution in [0.1, 0.15) is 65.7 Å². The molecule has 0 spiro atoms. The van der Waals surface area contributed by atoms with Crippen LogP contribution in [0.25, 0.3) is 0 Å². The zero-order valence-corrected chi connectivity index (χ0v) is 18.5. The van der Waals surface area contributed by atoms with Gasteiger partial charge in [0.2, 0.25) is 0 Å². The molecule has 2 fully saturated rings. The van der Waals surface area contributed by atoms with E-state index in [9.17, 15) is 4.79 Å². The Kier molecular flexibility index (Phi) is 4.82. The molecule has 0 saturated heterocycles. The Hall–Kier alpha value is -1.25. The number of Topliss-reactive ketones (excluding diaryl/α,β-unsaturated/α-hetero) is 1. The number of carbonyl (C=O) groups excluding carboxylic acids is 1. The first-order chi connectivity index (χ1) is 12.0. The Labute approximate surface area is 161 Å². The third kappa shape index (κ3) is 3.23. The minimum Gasteiger partial charge on any atom is -0.299 e. The molecule has 2 saturated carbocycles. The number of hydrogen-bond acceptors (Lipinski definition) is 1. The molecule has 3 aliphatic rings. The third-order valence-electron chi connectivity index (χ3n) is 7.18. The molecule has 2 heteroatoms. The van der Waals surface area contributed by atoms with Gasteiger partial charge in [-0.1, -0.05) is 52.4 Å². The maximum atomic E-state index is 12.6. The highest BCUT2D eigenvalue weighted by Crippen LogP contribution is 2.65. The predicted molar refractivity (Wildman–Crippen MR) is 112 cm³/mol. The molecular formula is C24H34OSi. The van der Waals surface area contributed by atoms with Gasteiger partial charge in [-0.2, -0.15) is 0 Å². The molecule has 0 aromatic rings. The van der Waals surface area contributed by atoms with E-state index in [1.54, 1.807) is 5.57 Å². The molecule has 3 aliphatic carbocycles. The predicted octanol–water partition coefficient (Wildman–Crippen LogP) is 5.77. The molecule has 0 aliphatic heterocycles. The molecule has 0 N–H and O–H groups in total. The Bertz CT molecular complexity index is 758. The number of ketones is 1. The molecule has 3 rings (SSSR count). The minimum atomic E-state index is -1.38. The van der Waals surface area contributed by atoms with Crippen LogP contribution in [0.4, 0.5) is 0 Å². The van der Waals surface area contributed by atoms with Gasteiger partial charge in [-0.15, -0.1) is 5.54 Å². The number of carbonyl (C=O) groups is 1. The van der Waals surface area contributed by atoms with Crippen LogP contribution in [-0.4, -0.2) is 13.9 Å². The number of hydrogen-bond donors (Lipinski definition) is 0. The van der Waals surface area contributed by atoms with Crippen LogP contribution in [0, 0.1) is 45.5 Å². The average Bonchev–Trinajstić information content (AvgIpc) is 2.55. The molecule has 3 atom stereocenters. The average molecular weight is 367 g/mol. The number of allylic oxidation sites excluding steroid dienone is 2. The van der Waals surface area contributed by atoms with E-state index in [1.807, 2.05) is 0 Å². The molecule has 0 amide bonds. The quantitative estimate of drug-likeness (QED) is 0.302. The summed E-state index contributed by atoms with van der Waals surface area (Å²) in [5.74, 6) is 11.0. The number of fused-ring (bicyclic) bond motifs is 3. The summed E-state index contributed by atoms with van der Waals surface area (Å²) in [5, 5.41) is 0. The summed E-state index contributed by atoms with van der Waals surface area (Å²) in [5.41, 5.74) is 4.86. The topological polar surface area (TPSA) is 17.1 Å². The number of rotatable bonds is 0. The molecule has 0 aromatic carbocycles. The fourth-order valence-corrected chi connectivity index (χ4v) is 6.27. The van der Waals surface area contributed by atoms with E-state index in [2.05, 4.69) is 69.8 Å². The molecule has 0 bridgehead atoms. The lowest BCUT2D eigenvalue weighted by Gasteiger charge is -2.59. The Morgan fingerprint density at radius 1 is 1.08 bits per heavy atom. The standard InChI is InChI=1S/C24H34OSi/c1-22(2)19-12-17-24(15-9-10-18-26(4,5)6)14-8-7-11-20(24)23(19,3)16-13-21(22)25/h11,19H,7-8,12-14,16-17H2,1-6H3/t19?,23-,24-/m0/s1. The van der Waals surface area contributed by atoms with Gasteiger partial charge in [0.1, 0.15) is 13.9 Å². The molecule has 1 unspecified atom stereocenters. The summed E-state index contributed by atoms with van der Waals surface area (Å²) < 4.78 is 0. The van der Waals surface area contributed by atoms with Crippen LogP contribution in [0.2, 0.25) is 19.6 Å². The molecule has 1 nitrogen and oxygen atoms in total. The van der Waals surface area contributed by atoms with Crippen LogP contribution in [0.15, 0.2) is 11.6 Å². The maximum Gasteiger partial charge on any atom is 0.138 e. The van der Waals surface area contributed by atoms with Gasteiger partial charge in [0.05, 0.1) is 5.41 Å². The van der Waals surface area contributed by atoms with Crippen LogP contribution in [0.5, 0.6) is 0 Å². The molecule has 0 radical (unpaired) electrons. The van der Waals surface area contributed by atoms with E-state index in [0.717, 1.165) is 38.5 Å². The van der Waals surface area contributed by atoms with Gasteiger partial charge in [0.25, 0.3) is 0 Å². The Morgan fingerprint density at radius 2 is 1.81 bits per heavy atom. The maximum absolute atomic E-state index is 12.6. The van der Waals surface area contributed by atoms with Crippen LogP contribution in [0.3, 0.4) is 0 Å². The van der Waals surface area contributed by atoms with Crippen molar-refractivity contribution < 1.29 is 4.79 Å². The first kappa shape index (κ1) is 19.5. The van der Waals surface area contributed by atoms with E-state index >= 15 is 0 Å². The summed E-state index contributed by atoms with van der Waals surface area (Å²) in [6.07, 6.45) is 9.96. The second-order valence-corrected chi connectivity index (χ2v) is 15.2. The van der Waals surface area contributed by atoms with E-state index in [4.69, 9.17) is 0 Å². The zero-order chi connectivity index (χ0) is 19.2. The SMILES string of the molecule is CC1(C)C(=O)CC[C@]2(C)C3=CCCC[C@]3(C#CC#C[Si](C)(C)C)CCC12. The largest absolute Gasteiger partial charge is 0.299 e. The lowest BCUT2D eigenvalue weighted by molar-refractivity contribution is -0.141. The lowest BCUT2D eigenvalue weighted by Crippen LogP contribution is -2.54. The van der Waals surface area contributed by atoms with Gasteiger partial charge in [-0.25, -0.2) is 0 Å². The molecule has 140 valence electrons. The molecule has 0 aromatic heterocycles. The second-order valence-electron chi connectivity index (χ2n) is 10.5. The van der Waals surface area contributed by atoms with Crippen molar-refractivity contribution in [1.82, 2.24) is 0 Å². The van der Waals surface area contributed by atoms with Crippen molar-refractivity contribution in [2.45, 2.75) is 85.4 Å². The van der Waals surface area contributed by atoms with Crippen molar-refractivity contribution in [2.75, 3.05) is 0 Å². The van der Waals surface area contributed by atoms with Gasteiger partial charge < -0.3 is 0 Å². The van der Waals surface area contributed by atoms with Gasteiger partial charge in [0.15, 0.2) is 0 Å². The highest BCUT2D eigenvalue weighted by molar-refractivity contribution is 6.83. The Balaban J connectivity index is 2.01. The van der Waals surface area contributed by atoms with Gasteiger partial charge in [-0.05, 0) is 67.3 Å². The summed E-state index contributed by atoms with van der Waals surface area (Å²) in [6.45, 7) is 13.6. The highest BCUT2D eigenvalue weighted by Gasteiger charge is 2.59. The fourth-order valence-electron chi connectivity index (χ4n) is 5.83. The van der Waals surface area contributed by atoms with Crippen molar-refractivity contribution in [1.29, 1.82) is 0 Å². The first-order valence-electron chi connectivity index (χ1n) is 10.3. The Morgan fingerprint density at radius 3 is 2.50 bits per heavy atom. The smallest absolute Gasteiger partial charge is 0.138 e. The van der Waals surface area contributed by atoms with Gasteiger partial charge in [0, 0.05) is 11.8 Å². The fraction of sp³-hybridized carbons (Fsp3) is 0.708. The first-order valence-corrected chi connectivity index (χ1v) is 13.8. The van der Waals surface area contributed by atoms with Crippen molar-refractivity contribution in [3.63, 3.8) is 0 Å². The second kappa shape index (κ2) is 6.42. The van der Waals surface area contributed by atoms with Crippen molar-refractivity contribution >= 4 is 13.9 Å². The van der Waals surface area contributed by atoms with E-state index in [0.29, 0.717) is 11.7 Å². The van der Waals surface area contributed by atoms with E-state index < -0.39 is 8.07 Å². The highest BCUT2D eigenvalue weighted by atomic mass is 28.3. The van der Waals surface area contributed by atoms with E-state index in [1.165, 1.54) is 6.42 Å². The molecule has 26 heavy (non-hydrogen) atoms. The minimum absolute atomic E-state index is 0.00802. The third-order valence-corrected chi connectivity index (χ3v) is 8.05. The van der Waals surface area contributed by atoms with Crippen LogP contribution >= 0.6 is 0 Å². The van der Waals surface area contributed by atoms with Crippen LogP contribution < -0.4 is 0 Å². The van der Waals surface area contributed by atoms with Crippen molar-refractivity contribution in [3.8, 4) is 23.3 Å². The summed E-state index contributed by atoms with van der Waals surface area (Å²) in [7, 11) is -1.38. The molecule has 0 heterocycles. The normalized spacial score (nSPS) is 35.7. The zero-order valence-electron chi connectivity index (χ0n) is 17.5. The summed E-state index contributed by atoms with van der Waals surface area (Å²) >= 11 is 0. The summed E-state index contributed by atoms with van der Waals surface area (Å²) in [6, 6.07) is 0. The van der Waals surface area contributed by atoms with Crippen LogP contribution in [-0.2, 0) is 4.79 Å². The van der Waals surface area contributed by atoms with Gasteiger partial charge in [-0.3, -0.25) is 4.79 Å². The lowest BCUT2D eigenvalue weighted by atomic mass is 9.44. The summed E-state index contributed by atoms with van der Waals surface area (Å²) in [4.78, 5) is 12.6. The van der Waals surface area contributed by atoms with Crippen molar-refractivity contribution in [2.24, 2.45) is 22.2 Å². The van der Waals surface area contributed by atoms with Crippen molar-refractivity contribution in [3.05, 3.63) is 11.6 Å². The monoisotopic (exact) mass is 366 g/mol. The molecular weight excluding hydrogens is 332 g/mol.